The fraction of sp³-hybridized carbons (Fsp3) is 0.333. The van der Waals surface area contributed by atoms with Gasteiger partial charge in [0.25, 0.3) is 0 Å². The summed E-state index contributed by atoms with van der Waals surface area (Å²) in [4.78, 5) is 0. The second-order valence-corrected chi connectivity index (χ2v) is 4.39. The molecule has 0 aliphatic carbocycles. The average Bonchev–Trinajstić information content (AvgIpc) is 2.25. The van der Waals surface area contributed by atoms with Crippen LogP contribution in [-0.2, 0) is 10.1 Å². The predicted molar refractivity (Wildman–Crippen MR) is 54.2 cm³/mol. The number of hydrogen-bond donors (Lipinski definition) is 1. The minimum Gasteiger partial charge on any atom is -0.746 e. The minimum atomic E-state index is -4.84. The molecule has 0 aromatic heterocycles. The Labute approximate surface area is 122 Å². The van der Waals surface area contributed by atoms with Gasteiger partial charge in [-0.3, -0.25) is 0 Å². The van der Waals surface area contributed by atoms with Crippen molar-refractivity contribution in [2.45, 2.75) is 5.44 Å². The van der Waals surface area contributed by atoms with E-state index in [0.29, 0.717) is 5.75 Å². The van der Waals surface area contributed by atoms with Gasteiger partial charge in [-0.25, -0.2) is 8.42 Å². The molecule has 1 atom stereocenters. The van der Waals surface area contributed by atoms with Crippen molar-refractivity contribution in [1.29, 1.82) is 0 Å². The van der Waals surface area contributed by atoms with E-state index in [1.807, 2.05) is 0 Å². The van der Waals surface area contributed by atoms with Crippen LogP contribution >= 0.6 is 0 Å². The molecule has 0 heterocycles. The monoisotopic (exact) mass is 270 g/mol. The molecule has 90 valence electrons. The Morgan fingerprint density at radius 1 is 1.29 bits per heavy atom. The first-order valence-corrected chi connectivity index (χ1v) is 5.72. The van der Waals surface area contributed by atoms with Crippen LogP contribution in [0.2, 0.25) is 0 Å². The molecule has 1 aromatic carbocycles. The van der Waals surface area contributed by atoms with E-state index in [4.69, 9.17) is 9.47 Å². The topological polar surface area (TPSA) is 95.9 Å². The van der Waals surface area contributed by atoms with Crippen LogP contribution in [0, 0.1) is 0 Å². The van der Waals surface area contributed by atoms with Gasteiger partial charge in [-0.1, -0.05) is 0 Å². The molecule has 6 nitrogen and oxygen atoms in total. The number of aliphatic hydroxyl groups excluding tert-OH is 1. The molecule has 17 heavy (non-hydrogen) atoms. The van der Waals surface area contributed by atoms with Crippen molar-refractivity contribution in [2.24, 2.45) is 0 Å². The normalized spacial score (nSPS) is 12.5. The molecule has 1 N–H and O–H groups in total. The Morgan fingerprint density at radius 3 is 2.29 bits per heavy atom. The van der Waals surface area contributed by atoms with Crippen LogP contribution in [0.15, 0.2) is 18.2 Å². The summed E-state index contributed by atoms with van der Waals surface area (Å²) >= 11 is 0. The van der Waals surface area contributed by atoms with E-state index in [2.05, 4.69) is 0 Å². The third-order valence-electron chi connectivity index (χ3n) is 1.98. The van der Waals surface area contributed by atoms with Crippen LogP contribution in [0.3, 0.4) is 0 Å². The van der Waals surface area contributed by atoms with E-state index in [9.17, 15) is 18.1 Å². The van der Waals surface area contributed by atoms with Crippen molar-refractivity contribution in [2.75, 3.05) is 14.2 Å². The summed E-state index contributed by atoms with van der Waals surface area (Å²) in [6.45, 7) is 0. The van der Waals surface area contributed by atoms with E-state index in [0.717, 1.165) is 0 Å². The van der Waals surface area contributed by atoms with Crippen molar-refractivity contribution in [1.82, 2.24) is 0 Å². The summed E-state index contributed by atoms with van der Waals surface area (Å²) in [6, 6.07) is 4.16. The number of rotatable bonds is 4. The van der Waals surface area contributed by atoms with E-state index in [1.54, 1.807) is 0 Å². The van der Waals surface area contributed by atoms with Crippen molar-refractivity contribution in [3.05, 3.63) is 23.8 Å². The summed E-state index contributed by atoms with van der Waals surface area (Å²) in [5.74, 6) is 0.422. The summed E-state index contributed by atoms with van der Waals surface area (Å²) < 4.78 is 41.8. The zero-order chi connectivity index (χ0) is 12.3. The van der Waals surface area contributed by atoms with Crippen LogP contribution in [-0.4, -0.2) is 32.3 Å². The molecule has 0 fully saturated rings. The maximum atomic E-state index is 10.7. The molecule has 0 radical (unpaired) electrons. The predicted octanol–water partition coefficient (Wildman–Crippen LogP) is -2.76. The van der Waals surface area contributed by atoms with Crippen LogP contribution in [0.4, 0.5) is 0 Å². The van der Waals surface area contributed by atoms with Crippen molar-refractivity contribution < 1.29 is 57.1 Å². The quantitative estimate of drug-likeness (QED) is 0.470. The average molecular weight is 270 g/mol. The first-order valence-electron chi connectivity index (χ1n) is 4.25. The maximum absolute atomic E-state index is 10.7. The number of aliphatic hydroxyl groups is 1. The zero-order valence-electron chi connectivity index (χ0n) is 9.71. The first-order chi connectivity index (χ1) is 7.40. The standard InChI is InChI=1S/C9H12O6S.Na/c1-14-6-3-4-8(15-2)7(5-6)9(10)16(11,12)13;/h3-5,9-10H,1-2H3,(H,11,12,13);/q;+1/p-1. The summed E-state index contributed by atoms with van der Waals surface area (Å²) in [6.07, 6.45) is 0. The Balaban J connectivity index is 0.00000256. The Kier molecular flexibility index (Phi) is 6.46. The Morgan fingerprint density at radius 2 is 1.88 bits per heavy atom. The van der Waals surface area contributed by atoms with E-state index < -0.39 is 15.6 Å². The van der Waals surface area contributed by atoms with E-state index in [-0.39, 0.29) is 40.9 Å². The SMILES string of the molecule is COc1ccc(OC)c(C(O)S(=O)(=O)[O-])c1.[Na+]. The van der Waals surface area contributed by atoms with Crippen LogP contribution < -0.4 is 39.0 Å². The molecule has 0 saturated carbocycles. The largest absolute Gasteiger partial charge is 1.00 e. The second kappa shape index (κ2) is 6.58. The van der Waals surface area contributed by atoms with Gasteiger partial charge >= 0.3 is 29.6 Å². The summed E-state index contributed by atoms with van der Waals surface area (Å²) in [5, 5.41) is 9.35. The third kappa shape index (κ3) is 4.13. The summed E-state index contributed by atoms with van der Waals surface area (Å²) in [7, 11) is -2.16. The molecular formula is C9H11NaO6S. The van der Waals surface area contributed by atoms with Gasteiger partial charge in [-0.2, -0.15) is 0 Å². The molecule has 0 aliphatic rings. The van der Waals surface area contributed by atoms with E-state index >= 15 is 0 Å². The maximum Gasteiger partial charge on any atom is 1.00 e. The van der Waals surface area contributed by atoms with Crippen molar-refractivity contribution >= 4 is 10.1 Å². The summed E-state index contributed by atoms with van der Waals surface area (Å²) in [5.41, 5.74) is -2.31. The van der Waals surface area contributed by atoms with Crippen molar-refractivity contribution in [3.8, 4) is 11.5 Å². The smallest absolute Gasteiger partial charge is 0.746 e. The van der Waals surface area contributed by atoms with Gasteiger partial charge in [0.2, 0.25) is 0 Å². The van der Waals surface area contributed by atoms with Gasteiger partial charge < -0.3 is 19.1 Å². The van der Waals surface area contributed by atoms with Gasteiger partial charge in [0.1, 0.15) is 21.6 Å². The van der Waals surface area contributed by atoms with E-state index in [1.165, 1.54) is 32.4 Å². The van der Waals surface area contributed by atoms with Gasteiger partial charge in [-0.15, -0.1) is 0 Å². The zero-order valence-corrected chi connectivity index (χ0v) is 12.5. The number of ether oxygens (including phenoxy) is 2. The molecule has 0 spiro atoms. The van der Waals surface area contributed by atoms with Gasteiger partial charge in [-0.05, 0) is 18.2 Å². The van der Waals surface area contributed by atoms with Crippen LogP contribution in [0.25, 0.3) is 0 Å². The third-order valence-corrected chi connectivity index (χ3v) is 2.78. The molecule has 1 unspecified atom stereocenters. The van der Waals surface area contributed by atoms with Gasteiger partial charge in [0, 0.05) is 5.56 Å². The minimum absolute atomic E-state index is 0. The number of benzene rings is 1. The van der Waals surface area contributed by atoms with Crippen molar-refractivity contribution in [3.63, 3.8) is 0 Å². The first kappa shape index (κ1) is 16.7. The molecular weight excluding hydrogens is 259 g/mol. The van der Waals surface area contributed by atoms with Gasteiger partial charge in [0.05, 0.1) is 14.2 Å². The molecule has 0 bridgehead atoms. The molecule has 1 rings (SSSR count). The fourth-order valence-corrected chi connectivity index (χ4v) is 1.68. The second-order valence-electron chi connectivity index (χ2n) is 2.95. The number of hydrogen-bond acceptors (Lipinski definition) is 6. The molecule has 0 aliphatic heterocycles. The molecule has 1 aromatic rings. The fourth-order valence-electron chi connectivity index (χ4n) is 1.19. The van der Waals surface area contributed by atoms with Gasteiger partial charge in [0.15, 0.2) is 5.44 Å². The Hall–Kier alpha value is -0.310. The molecule has 8 heteroatoms. The number of methoxy groups -OCH3 is 2. The molecule has 0 saturated heterocycles. The molecule has 0 amide bonds. The van der Waals surface area contributed by atoms with Crippen LogP contribution in [0.1, 0.15) is 11.0 Å². The van der Waals surface area contributed by atoms with Crippen LogP contribution in [0.5, 0.6) is 11.5 Å². The Bertz CT molecular complexity index is 472.